The van der Waals surface area contributed by atoms with Gasteiger partial charge in [0.05, 0.1) is 11.4 Å². The van der Waals surface area contributed by atoms with Gasteiger partial charge in [-0.2, -0.15) is 9.47 Å². The molecule has 0 saturated carbocycles. The molecule has 0 unspecified atom stereocenters. The molecule has 0 radical (unpaired) electrons. The molecule has 1 aromatic carbocycles. The maximum Gasteiger partial charge on any atom is 0.328 e. The van der Waals surface area contributed by atoms with E-state index in [0.717, 1.165) is 27.5 Å². The predicted molar refractivity (Wildman–Crippen MR) is 101 cm³/mol. The van der Waals surface area contributed by atoms with Gasteiger partial charge in [0, 0.05) is 5.56 Å². The zero-order valence-electron chi connectivity index (χ0n) is 14.2. The number of hydrogen-bond donors (Lipinski definition) is 0. The number of rotatable bonds is 6. The van der Waals surface area contributed by atoms with E-state index in [4.69, 9.17) is 4.74 Å². The topological polar surface area (TPSA) is 69.9 Å². The molecule has 0 aliphatic rings. The van der Waals surface area contributed by atoms with Crippen LogP contribution in [0.3, 0.4) is 0 Å². The minimum absolute atomic E-state index is 0.0586. The third kappa shape index (κ3) is 4.26. The Bertz CT molecular complexity index is 888. The van der Waals surface area contributed by atoms with Crippen LogP contribution in [0.5, 0.6) is 0 Å². The summed E-state index contributed by atoms with van der Waals surface area (Å²) >= 11 is 2.75. The summed E-state index contributed by atoms with van der Waals surface area (Å²) in [6, 6.07) is 9.97. The summed E-state index contributed by atoms with van der Waals surface area (Å²) in [5.74, 6) is 0.700. The van der Waals surface area contributed by atoms with Crippen molar-refractivity contribution in [3.8, 4) is 22.1 Å². The molecule has 0 atom stereocenters. The van der Waals surface area contributed by atoms with E-state index < -0.39 is 0 Å². The van der Waals surface area contributed by atoms with Crippen molar-refractivity contribution in [2.45, 2.75) is 20.4 Å². The van der Waals surface area contributed by atoms with Crippen LogP contribution in [-0.2, 0) is 16.1 Å². The number of thioether (sulfide) groups is 1. The number of benzene rings is 1. The van der Waals surface area contributed by atoms with E-state index in [2.05, 4.69) is 14.5 Å². The monoisotopic (exact) mass is 374 g/mol. The quantitative estimate of drug-likeness (QED) is 0.485. The van der Waals surface area contributed by atoms with Gasteiger partial charge in [-0.05, 0) is 43.8 Å². The number of ether oxygens (including phenoxy) is 1. The molecule has 3 rings (SSSR count). The Balaban J connectivity index is 1.86. The van der Waals surface area contributed by atoms with Gasteiger partial charge in [0.25, 0.3) is 0 Å². The lowest BCUT2D eigenvalue weighted by molar-refractivity contribution is -0.142. The highest BCUT2D eigenvalue weighted by atomic mass is 32.2. The average molecular weight is 374 g/mol. The highest BCUT2D eigenvalue weighted by Crippen LogP contribution is 2.27. The SMILES string of the molecule is CSCOC(=O)Cn1nc(C)cc1-c1nc(-c2cccc(C)c2)ns1. The zero-order chi connectivity index (χ0) is 17.8. The third-order valence-electron chi connectivity index (χ3n) is 3.44. The Morgan fingerprint density at radius 3 is 2.92 bits per heavy atom. The van der Waals surface area contributed by atoms with E-state index in [9.17, 15) is 4.79 Å². The summed E-state index contributed by atoms with van der Waals surface area (Å²) in [5, 5.41) is 5.11. The maximum absolute atomic E-state index is 11.9. The van der Waals surface area contributed by atoms with Gasteiger partial charge in [0.15, 0.2) is 10.8 Å². The molecule has 0 spiro atoms. The Labute approximate surface area is 154 Å². The summed E-state index contributed by atoms with van der Waals surface area (Å²) in [6.07, 6.45) is 1.88. The molecular formula is C17H18N4O2S2. The molecule has 0 aliphatic heterocycles. The fourth-order valence-corrected chi connectivity index (χ4v) is 3.31. The van der Waals surface area contributed by atoms with Crippen molar-refractivity contribution in [1.82, 2.24) is 19.1 Å². The van der Waals surface area contributed by atoms with Crippen LogP contribution in [0.4, 0.5) is 0 Å². The second-order valence-electron chi connectivity index (χ2n) is 5.54. The van der Waals surface area contributed by atoms with Gasteiger partial charge in [-0.3, -0.25) is 9.48 Å². The van der Waals surface area contributed by atoms with E-state index in [1.54, 1.807) is 4.68 Å². The molecule has 3 aromatic rings. The van der Waals surface area contributed by atoms with E-state index in [1.165, 1.54) is 23.3 Å². The van der Waals surface area contributed by atoms with Gasteiger partial charge in [0.1, 0.15) is 12.5 Å². The number of aryl methyl sites for hydroxylation is 2. The molecule has 0 aliphatic carbocycles. The van der Waals surface area contributed by atoms with Crippen molar-refractivity contribution in [1.29, 1.82) is 0 Å². The lowest BCUT2D eigenvalue weighted by atomic mass is 10.1. The van der Waals surface area contributed by atoms with Gasteiger partial charge in [-0.1, -0.05) is 23.8 Å². The van der Waals surface area contributed by atoms with Crippen molar-refractivity contribution in [2.75, 3.05) is 12.2 Å². The van der Waals surface area contributed by atoms with E-state index in [-0.39, 0.29) is 12.5 Å². The fourth-order valence-electron chi connectivity index (χ4n) is 2.36. The summed E-state index contributed by atoms with van der Waals surface area (Å²) in [4.78, 5) is 16.5. The Morgan fingerprint density at radius 2 is 2.16 bits per heavy atom. The number of esters is 1. The number of nitrogens with zero attached hydrogens (tertiary/aromatic N) is 4. The second kappa shape index (κ2) is 7.79. The summed E-state index contributed by atoms with van der Waals surface area (Å²) in [5.41, 5.74) is 3.73. The normalized spacial score (nSPS) is 10.8. The Morgan fingerprint density at radius 1 is 1.32 bits per heavy atom. The average Bonchev–Trinajstić information content (AvgIpc) is 3.19. The lowest BCUT2D eigenvalue weighted by Gasteiger charge is -2.05. The van der Waals surface area contributed by atoms with Crippen molar-refractivity contribution in [3.05, 3.63) is 41.6 Å². The van der Waals surface area contributed by atoms with Crippen LogP contribution in [-0.4, -0.2) is 37.3 Å². The molecule has 0 N–H and O–H groups in total. The molecular weight excluding hydrogens is 356 g/mol. The minimum atomic E-state index is -0.317. The van der Waals surface area contributed by atoms with Gasteiger partial charge < -0.3 is 4.74 Å². The number of aromatic nitrogens is 4. The smallest absolute Gasteiger partial charge is 0.328 e. The first kappa shape index (κ1) is 17.6. The van der Waals surface area contributed by atoms with Crippen LogP contribution >= 0.6 is 23.3 Å². The molecule has 2 heterocycles. The highest BCUT2D eigenvalue weighted by Gasteiger charge is 2.16. The van der Waals surface area contributed by atoms with Crippen molar-refractivity contribution in [2.24, 2.45) is 0 Å². The molecule has 6 nitrogen and oxygen atoms in total. The van der Waals surface area contributed by atoms with Crippen LogP contribution in [0.25, 0.3) is 22.1 Å². The molecule has 0 bridgehead atoms. The second-order valence-corrected chi connectivity index (χ2v) is 7.11. The largest absolute Gasteiger partial charge is 0.453 e. The van der Waals surface area contributed by atoms with Crippen LogP contribution < -0.4 is 0 Å². The van der Waals surface area contributed by atoms with Crippen LogP contribution in [0.1, 0.15) is 11.3 Å². The maximum atomic E-state index is 11.9. The molecule has 2 aromatic heterocycles. The van der Waals surface area contributed by atoms with Crippen molar-refractivity contribution < 1.29 is 9.53 Å². The predicted octanol–water partition coefficient (Wildman–Crippen LogP) is 3.55. The molecule has 130 valence electrons. The lowest BCUT2D eigenvalue weighted by Crippen LogP contribution is -2.15. The molecule has 0 amide bonds. The Hall–Kier alpha value is -2.19. The highest BCUT2D eigenvalue weighted by molar-refractivity contribution is 7.98. The summed E-state index contributed by atoms with van der Waals surface area (Å²) in [7, 11) is 0. The van der Waals surface area contributed by atoms with Crippen LogP contribution in [0, 0.1) is 13.8 Å². The van der Waals surface area contributed by atoms with E-state index in [1.807, 2.05) is 50.4 Å². The van der Waals surface area contributed by atoms with E-state index in [0.29, 0.717) is 11.8 Å². The van der Waals surface area contributed by atoms with Crippen molar-refractivity contribution in [3.63, 3.8) is 0 Å². The molecule has 0 saturated heterocycles. The molecule has 25 heavy (non-hydrogen) atoms. The summed E-state index contributed by atoms with van der Waals surface area (Å²) < 4.78 is 11.2. The van der Waals surface area contributed by atoms with Crippen LogP contribution in [0.15, 0.2) is 30.3 Å². The molecule has 8 heteroatoms. The van der Waals surface area contributed by atoms with Gasteiger partial charge in [-0.25, -0.2) is 4.98 Å². The van der Waals surface area contributed by atoms with Gasteiger partial charge >= 0.3 is 5.97 Å². The Kier molecular flexibility index (Phi) is 5.50. The van der Waals surface area contributed by atoms with Gasteiger partial charge in [-0.15, -0.1) is 11.8 Å². The standard InChI is InChI=1S/C17H18N4O2S2/c1-11-5-4-6-13(7-11)16-18-17(25-20-16)14-8-12(2)19-21(14)9-15(22)23-10-24-3/h4-8H,9-10H2,1-3H3. The molecule has 0 fully saturated rings. The van der Waals surface area contributed by atoms with Gasteiger partial charge in [0.2, 0.25) is 0 Å². The first-order valence-corrected chi connectivity index (χ1v) is 9.83. The first-order chi connectivity index (χ1) is 12.1. The third-order valence-corrected chi connectivity index (χ3v) is 4.53. The number of hydrogen-bond acceptors (Lipinski definition) is 7. The number of carbonyl (C=O) groups is 1. The zero-order valence-corrected chi connectivity index (χ0v) is 15.9. The van der Waals surface area contributed by atoms with Crippen molar-refractivity contribution >= 4 is 29.3 Å². The first-order valence-electron chi connectivity index (χ1n) is 7.67. The van der Waals surface area contributed by atoms with E-state index >= 15 is 0 Å². The number of carbonyl (C=O) groups excluding carboxylic acids is 1. The minimum Gasteiger partial charge on any atom is -0.453 e. The van der Waals surface area contributed by atoms with Crippen LogP contribution in [0.2, 0.25) is 0 Å². The fraction of sp³-hybridized carbons (Fsp3) is 0.294. The summed E-state index contributed by atoms with van der Waals surface area (Å²) in [6.45, 7) is 3.98.